The van der Waals surface area contributed by atoms with Gasteiger partial charge in [-0.15, -0.1) is 0 Å². The van der Waals surface area contributed by atoms with E-state index in [0.717, 1.165) is 0 Å². The lowest BCUT2D eigenvalue weighted by atomic mass is 9.96. The summed E-state index contributed by atoms with van der Waals surface area (Å²) < 4.78 is 0. The number of rotatable bonds is 22. The number of nitrogens with two attached hydrogens (primary N) is 3. The van der Waals surface area contributed by atoms with Crippen molar-refractivity contribution in [2.75, 3.05) is 13.1 Å². The summed E-state index contributed by atoms with van der Waals surface area (Å²) in [5, 5.41) is 30.0. The Morgan fingerprint density at radius 3 is 2.09 bits per heavy atom. The Morgan fingerprint density at radius 2 is 1.53 bits per heavy atom. The molecule has 0 bridgehead atoms. The summed E-state index contributed by atoms with van der Waals surface area (Å²) >= 11 is 0. The Balaban J connectivity index is 2.34. The van der Waals surface area contributed by atoms with Crippen molar-refractivity contribution < 1.29 is 43.8 Å². The molecule has 7 atom stereocenters. The van der Waals surface area contributed by atoms with Crippen molar-refractivity contribution >= 4 is 41.4 Å². The second-order valence-corrected chi connectivity index (χ2v) is 14.1. The molecule has 6 amide bonds. The van der Waals surface area contributed by atoms with E-state index in [2.05, 4.69) is 21.3 Å². The molecule has 1 heterocycles. The molecule has 17 nitrogen and oxygen atoms in total. The van der Waals surface area contributed by atoms with Crippen LogP contribution in [0.1, 0.15) is 84.6 Å². The number of carbonyl (C=O) groups is 7. The van der Waals surface area contributed by atoms with Crippen molar-refractivity contribution in [1.82, 2.24) is 26.2 Å². The van der Waals surface area contributed by atoms with Crippen molar-refractivity contribution in [3.8, 4) is 5.75 Å². The lowest BCUT2D eigenvalue weighted by Gasteiger charge is -2.31. The van der Waals surface area contributed by atoms with Gasteiger partial charge in [-0.3, -0.25) is 28.8 Å². The summed E-state index contributed by atoms with van der Waals surface area (Å²) in [7, 11) is 0. The van der Waals surface area contributed by atoms with Gasteiger partial charge >= 0.3 is 5.97 Å². The molecule has 296 valence electrons. The summed E-state index contributed by atoms with van der Waals surface area (Å²) in [6, 6.07) is -1.08. The largest absolute Gasteiger partial charge is 0.508 e. The van der Waals surface area contributed by atoms with Gasteiger partial charge in [-0.25, -0.2) is 4.79 Å². The average Bonchev–Trinajstić information content (AvgIpc) is 3.59. The first-order chi connectivity index (χ1) is 25.0. The van der Waals surface area contributed by atoms with Crippen LogP contribution >= 0.6 is 0 Å². The minimum absolute atomic E-state index is 0.0177. The Morgan fingerprint density at radius 1 is 0.887 bits per heavy atom. The Labute approximate surface area is 310 Å². The van der Waals surface area contributed by atoms with Crippen LogP contribution in [0.2, 0.25) is 0 Å². The molecular weight excluding hydrogens is 688 g/mol. The van der Waals surface area contributed by atoms with Gasteiger partial charge in [-0.05, 0) is 68.2 Å². The fraction of sp³-hybridized carbons (Fsp3) is 0.639. The molecular formula is C36H58N8O9. The van der Waals surface area contributed by atoms with E-state index in [-0.39, 0.29) is 37.5 Å². The highest BCUT2D eigenvalue weighted by atomic mass is 16.4. The van der Waals surface area contributed by atoms with Crippen LogP contribution in [0, 0.1) is 11.8 Å². The summed E-state index contributed by atoms with van der Waals surface area (Å²) in [5.74, 6) is -6.04. The number of aliphatic carboxylic acids is 1. The lowest BCUT2D eigenvalue weighted by Crippen LogP contribution is -2.60. The summed E-state index contributed by atoms with van der Waals surface area (Å²) in [5.41, 5.74) is 17.5. The number of amides is 6. The van der Waals surface area contributed by atoms with Crippen molar-refractivity contribution in [2.45, 2.75) is 122 Å². The predicted molar refractivity (Wildman–Crippen MR) is 196 cm³/mol. The zero-order chi connectivity index (χ0) is 39.8. The first-order valence-electron chi connectivity index (χ1n) is 18.2. The van der Waals surface area contributed by atoms with E-state index >= 15 is 0 Å². The standard InChI is InChI=1S/C36H58N8O9/c1-5-21(4)30(34(50)42-27(36(52)53)17-20(2)3)43-32(48)25(18-22-11-13-23(45)14-12-22)40-33(49)28-10-8-16-44(28)35(51)26(19-29(39)46)41-31(47)24(38)9-6-7-15-37/h11-14,20-21,24-28,30,45H,5-10,15-19,37-38H2,1-4H3,(H2,39,46)(H,40,49)(H,41,47)(H,42,50)(H,43,48)(H,52,53)/t21-,24-,25-,26-,27-,28-,30-/m0/s1. The van der Waals surface area contributed by atoms with Gasteiger partial charge in [0.05, 0.1) is 12.5 Å². The van der Waals surface area contributed by atoms with Gasteiger partial charge in [0.1, 0.15) is 36.0 Å². The number of aromatic hydroxyl groups is 1. The van der Waals surface area contributed by atoms with Crippen LogP contribution in [0.3, 0.4) is 0 Å². The van der Waals surface area contributed by atoms with E-state index in [0.29, 0.717) is 44.2 Å². The molecule has 0 unspecified atom stereocenters. The molecule has 0 aromatic heterocycles. The van der Waals surface area contributed by atoms with Crippen LogP contribution in [-0.4, -0.2) is 106 Å². The van der Waals surface area contributed by atoms with Gasteiger partial charge in [0.25, 0.3) is 0 Å². The maximum absolute atomic E-state index is 14.0. The fourth-order valence-corrected chi connectivity index (χ4v) is 6.08. The minimum atomic E-state index is -1.38. The number of carboxylic acid groups (broad SMARTS) is 1. The third kappa shape index (κ3) is 14.3. The van der Waals surface area contributed by atoms with Crippen LogP contribution < -0.4 is 38.5 Å². The van der Waals surface area contributed by atoms with E-state index < -0.39 is 90.0 Å². The molecule has 1 fully saturated rings. The van der Waals surface area contributed by atoms with Crippen molar-refractivity contribution in [2.24, 2.45) is 29.0 Å². The molecule has 1 aromatic rings. The van der Waals surface area contributed by atoms with Gasteiger partial charge in [0.15, 0.2) is 0 Å². The molecule has 1 aliphatic heterocycles. The Bertz CT molecular complexity index is 1420. The molecule has 2 rings (SSSR count). The molecule has 1 aromatic carbocycles. The third-order valence-corrected chi connectivity index (χ3v) is 9.29. The number of likely N-dealkylation sites (tertiary alicyclic amines) is 1. The van der Waals surface area contributed by atoms with E-state index in [4.69, 9.17) is 17.2 Å². The first-order valence-corrected chi connectivity index (χ1v) is 18.2. The zero-order valence-electron chi connectivity index (χ0n) is 31.1. The monoisotopic (exact) mass is 746 g/mol. The lowest BCUT2D eigenvalue weighted by molar-refractivity contribution is -0.143. The summed E-state index contributed by atoms with van der Waals surface area (Å²) in [6.07, 6.45) is 2.18. The third-order valence-electron chi connectivity index (χ3n) is 9.29. The number of primary amides is 1. The molecule has 53 heavy (non-hydrogen) atoms. The molecule has 1 aliphatic rings. The number of phenolic OH excluding ortho intramolecular Hbond substituents is 1. The maximum Gasteiger partial charge on any atom is 0.326 e. The summed E-state index contributed by atoms with van der Waals surface area (Å²) in [4.78, 5) is 92.9. The number of unbranched alkanes of at least 4 members (excludes halogenated alkanes) is 1. The molecule has 0 spiro atoms. The predicted octanol–water partition coefficient (Wildman–Crippen LogP) is -0.627. The highest BCUT2D eigenvalue weighted by molar-refractivity contribution is 5.98. The Hall–Kier alpha value is -4.77. The van der Waals surface area contributed by atoms with Gasteiger partial charge in [-0.2, -0.15) is 0 Å². The molecule has 17 heteroatoms. The van der Waals surface area contributed by atoms with E-state index in [1.807, 2.05) is 20.8 Å². The fourth-order valence-electron chi connectivity index (χ4n) is 6.08. The van der Waals surface area contributed by atoms with Crippen LogP contribution in [0.4, 0.5) is 0 Å². The molecule has 0 radical (unpaired) electrons. The number of hydrogen-bond acceptors (Lipinski definition) is 10. The quantitative estimate of drug-likeness (QED) is 0.0674. The SMILES string of the molecule is CC[C@H](C)[C@H](NC(=O)[C@H](Cc1ccc(O)cc1)NC(=O)[C@@H]1CCCN1C(=O)[C@H](CC(N)=O)NC(=O)[C@@H](N)CCCCN)C(=O)N[C@@H](CC(C)C)C(=O)O. The summed E-state index contributed by atoms with van der Waals surface area (Å²) in [6.45, 7) is 7.73. The average molecular weight is 747 g/mol. The van der Waals surface area contributed by atoms with E-state index in [1.165, 1.54) is 17.0 Å². The topological polar surface area (TPSA) is 289 Å². The van der Waals surface area contributed by atoms with E-state index in [1.54, 1.807) is 19.1 Å². The second kappa shape index (κ2) is 21.7. The van der Waals surface area contributed by atoms with Gasteiger partial charge in [-0.1, -0.05) is 52.7 Å². The number of hydrogen-bond donors (Lipinski definition) is 9. The number of nitrogens with zero attached hydrogens (tertiary/aromatic N) is 1. The van der Waals surface area contributed by atoms with Crippen molar-refractivity contribution in [1.29, 1.82) is 0 Å². The molecule has 0 aliphatic carbocycles. The number of carboxylic acids is 1. The number of benzene rings is 1. The van der Waals surface area contributed by atoms with Gasteiger partial charge in [0, 0.05) is 13.0 Å². The zero-order valence-corrected chi connectivity index (χ0v) is 31.1. The normalized spacial score (nSPS) is 17.5. The number of phenols is 1. The van der Waals surface area contributed by atoms with Crippen LogP contribution in [0.15, 0.2) is 24.3 Å². The minimum Gasteiger partial charge on any atom is -0.508 e. The van der Waals surface area contributed by atoms with Gasteiger partial charge < -0.3 is 53.6 Å². The molecule has 1 saturated heterocycles. The molecule has 12 N–H and O–H groups in total. The van der Waals surface area contributed by atoms with Crippen LogP contribution in [0.5, 0.6) is 5.75 Å². The van der Waals surface area contributed by atoms with E-state index in [9.17, 15) is 43.8 Å². The Kier molecular flexibility index (Phi) is 18.2. The molecule has 0 saturated carbocycles. The first kappa shape index (κ1) is 44.4. The number of nitrogens with one attached hydrogen (secondary N) is 4. The van der Waals surface area contributed by atoms with Crippen molar-refractivity contribution in [3.63, 3.8) is 0 Å². The second-order valence-electron chi connectivity index (χ2n) is 14.1. The number of carbonyl (C=O) groups excluding carboxylic acids is 6. The van der Waals surface area contributed by atoms with Crippen molar-refractivity contribution in [3.05, 3.63) is 29.8 Å². The maximum atomic E-state index is 14.0. The highest BCUT2D eigenvalue weighted by Gasteiger charge is 2.40. The van der Waals surface area contributed by atoms with Crippen LogP contribution in [-0.2, 0) is 40.0 Å². The smallest absolute Gasteiger partial charge is 0.326 e. The van der Waals surface area contributed by atoms with Gasteiger partial charge in [0.2, 0.25) is 35.4 Å². The highest BCUT2D eigenvalue weighted by Crippen LogP contribution is 2.21. The van der Waals surface area contributed by atoms with Crippen LogP contribution in [0.25, 0.3) is 0 Å².